The van der Waals surface area contributed by atoms with Crippen LogP contribution in [0.1, 0.15) is 25.0 Å². The van der Waals surface area contributed by atoms with Crippen molar-refractivity contribution >= 4 is 23.3 Å². The third kappa shape index (κ3) is 4.20. The molecule has 2 aromatic rings. The van der Waals surface area contributed by atoms with Gasteiger partial charge in [-0.1, -0.05) is 30.3 Å². The zero-order valence-corrected chi connectivity index (χ0v) is 15.9. The third-order valence-electron chi connectivity index (χ3n) is 5.18. The molecule has 2 saturated heterocycles. The Hall–Kier alpha value is -2.25. The van der Waals surface area contributed by atoms with Gasteiger partial charge >= 0.3 is 6.03 Å². The molecule has 3 amide bonds. The van der Waals surface area contributed by atoms with Crippen LogP contribution < -0.4 is 5.32 Å². The summed E-state index contributed by atoms with van der Waals surface area (Å²) in [7, 11) is 0. The number of amides is 3. The van der Waals surface area contributed by atoms with Gasteiger partial charge in [0.2, 0.25) is 0 Å². The van der Waals surface area contributed by atoms with E-state index in [1.54, 1.807) is 11.3 Å². The Kier molecular flexibility index (Phi) is 5.50. The summed E-state index contributed by atoms with van der Waals surface area (Å²) in [6.07, 6.45) is 3.20. The van der Waals surface area contributed by atoms with Gasteiger partial charge in [-0.25, -0.2) is 9.78 Å². The molecule has 0 radical (unpaired) electrons. The highest BCUT2D eigenvalue weighted by molar-refractivity contribution is 7.13. The van der Waals surface area contributed by atoms with E-state index in [0.717, 1.165) is 42.3 Å². The Morgan fingerprint density at radius 1 is 1.19 bits per heavy atom. The van der Waals surface area contributed by atoms with Gasteiger partial charge in [0, 0.05) is 37.1 Å². The van der Waals surface area contributed by atoms with Gasteiger partial charge in [0.25, 0.3) is 5.91 Å². The van der Waals surface area contributed by atoms with Crippen LogP contribution in [0, 0.1) is 5.92 Å². The first kappa shape index (κ1) is 18.1. The zero-order chi connectivity index (χ0) is 18.6. The fourth-order valence-electron chi connectivity index (χ4n) is 3.63. The molecular formula is C20H23N3O3S. The van der Waals surface area contributed by atoms with Gasteiger partial charge in [0.1, 0.15) is 11.0 Å². The standard InChI is InChI=1S/C20H23N3O3S/c24-19-17(12-14-7-10-26-11-8-14)22-20(25)23(19)9-6-16-13-27-18(21-16)15-4-2-1-3-5-15/h1-5,13-14,17H,6-12H2,(H,22,25). The lowest BCUT2D eigenvalue weighted by Gasteiger charge is -2.23. The predicted octanol–water partition coefficient (Wildman–Crippen LogP) is 3.09. The van der Waals surface area contributed by atoms with E-state index in [1.165, 1.54) is 4.90 Å². The predicted molar refractivity (Wildman–Crippen MR) is 103 cm³/mol. The molecular weight excluding hydrogens is 362 g/mol. The molecule has 2 aliphatic heterocycles. The SMILES string of the molecule is O=C1NC(CC2CCOCC2)C(=O)N1CCc1csc(-c2ccccc2)n1. The van der Waals surface area contributed by atoms with Crippen molar-refractivity contribution in [2.24, 2.45) is 5.92 Å². The molecule has 1 atom stereocenters. The van der Waals surface area contributed by atoms with Gasteiger partial charge in [-0.3, -0.25) is 9.69 Å². The molecule has 0 aliphatic carbocycles. The number of carbonyl (C=O) groups excluding carboxylic acids is 2. The van der Waals surface area contributed by atoms with Crippen LogP contribution in [-0.2, 0) is 16.0 Å². The van der Waals surface area contributed by atoms with E-state index in [2.05, 4.69) is 10.3 Å². The van der Waals surface area contributed by atoms with Crippen molar-refractivity contribution in [1.82, 2.24) is 15.2 Å². The van der Waals surface area contributed by atoms with Crippen LogP contribution in [0.4, 0.5) is 4.79 Å². The Labute approximate surface area is 162 Å². The van der Waals surface area contributed by atoms with Gasteiger partial charge in [-0.05, 0) is 25.2 Å². The van der Waals surface area contributed by atoms with Crippen molar-refractivity contribution in [2.45, 2.75) is 31.7 Å². The molecule has 1 aromatic heterocycles. The maximum Gasteiger partial charge on any atom is 0.324 e. The number of urea groups is 1. The molecule has 7 heteroatoms. The smallest absolute Gasteiger partial charge is 0.324 e. The number of carbonyl (C=O) groups is 2. The molecule has 1 unspecified atom stereocenters. The number of ether oxygens (including phenoxy) is 1. The zero-order valence-electron chi connectivity index (χ0n) is 15.1. The second-order valence-electron chi connectivity index (χ2n) is 7.04. The minimum Gasteiger partial charge on any atom is -0.381 e. The number of hydrogen-bond acceptors (Lipinski definition) is 5. The van der Waals surface area contributed by atoms with Gasteiger partial charge < -0.3 is 10.1 Å². The second kappa shape index (κ2) is 8.19. The minimum absolute atomic E-state index is 0.106. The maximum atomic E-state index is 12.6. The molecule has 0 saturated carbocycles. The lowest BCUT2D eigenvalue weighted by molar-refractivity contribution is -0.128. The lowest BCUT2D eigenvalue weighted by Crippen LogP contribution is -2.34. The minimum atomic E-state index is -0.393. The van der Waals surface area contributed by atoms with Crippen LogP contribution in [0.15, 0.2) is 35.7 Å². The van der Waals surface area contributed by atoms with E-state index in [1.807, 2.05) is 35.7 Å². The number of nitrogens with one attached hydrogen (secondary N) is 1. The van der Waals surface area contributed by atoms with Gasteiger partial charge in [-0.15, -0.1) is 11.3 Å². The summed E-state index contributed by atoms with van der Waals surface area (Å²) < 4.78 is 5.37. The monoisotopic (exact) mass is 385 g/mol. The molecule has 0 bridgehead atoms. The highest BCUT2D eigenvalue weighted by Crippen LogP contribution is 2.25. The van der Waals surface area contributed by atoms with Crippen LogP contribution in [0.3, 0.4) is 0 Å². The summed E-state index contributed by atoms with van der Waals surface area (Å²) in [4.78, 5) is 30.8. The van der Waals surface area contributed by atoms with Crippen molar-refractivity contribution in [3.8, 4) is 10.6 Å². The van der Waals surface area contributed by atoms with E-state index < -0.39 is 6.04 Å². The molecule has 4 rings (SSSR count). The van der Waals surface area contributed by atoms with Crippen LogP contribution in [0.5, 0.6) is 0 Å². The maximum absolute atomic E-state index is 12.6. The van der Waals surface area contributed by atoms with Crippen LogP contribution in [0.2, 0.25) is 0 Å². The molecule has 1 aromatic carbocycles. The van der Waals surface area contributed by atoms with Crippen molar-refractivity contribution in [1.29, 1.82) is 0 Å². The molecule has 27 heavy (non-hydrogen) atoms. The molecule has 2 fully saturated rings. The highest BCUT2D eigenvalue weighted by Gasteiger charge is 2.38. The molecule has 1 N–H and O–H groups in total. The van der Waals surface area contributed by atoms with Crippen LogP contribution in [0.25, 0.3) is 10.6 Å². The van der Waals surface area contributed by atoms with E-state index in [9.17, 15) is 9.59 Å². The normalized spacial score (nSPS) is 20.9. The van der Waals surface area contributed by atoms with Gasteiger partial charge in [-0.2, -0.15) is 0 Å². The van der Waals surface area contributed by atoms with E-state index >= 15 is 0 Å². The van der Waals surface area contributed by atoms with E-state index in [0.29, 0.717) is 25.3 Å². The Morgan fingerprint density at radius 2 is 1.96 bits per heavy atom. The van der Waals surface area contributed by atoms with Gasteiger partial charge in [0.15, 0.2) is 0 Å². The van der Waals surface area contributed by atoms with Crippen molar-refractivity contribution in [2.75, 3.05) is 19.8 Å². The Balaban J connectivity index is 1.33. The summed E-state index contributed by atoms with van der Waals surface area (Å²) in [6, 6.07) is 9.34. The largest absolute Gasteiger partial charge is 0.381 e. The first-order valence-electron chi connectivity index (χ1n) is 9.40. The average Bonchev–Trinajstić information content (AvgIpc) is 3.27. The lowest BCUT2D eigenvalue weighted by atomic mass is 9.92. The first-order chi connectivity index (χ1) is 13.2. The summed E-state index contributed by atoms with van der Waals surface area (Å²) in [6.45, 7) is 1.86. The van der Waals surface area contributed by atoms with Crippen molar-refractivity contribution < 1.29 is 14.3 Å². The second-order valence-corrected chi connectivity index (χ2v) is 7.90. The summed E-state index contributed by atoms with van der Waals surface area (Å²) >= 11 is 1.58. The number of benzene rings is 1. The highest BCUT2D eigenvalue weighted by atomic mass is 32.1. The quantitative estimate of drug-likeness (QED) is 0.776. The molecule has 6 nitrogen and oxygen atoms in total. The molecule has 142 valence electrons. The van der Waals surface area contributed by atoms with E-state index in [4.69, 9.17) is 4.74 Å². The fourth-order valence-corrected chi connectivity index (χ4v) is 4.49. The number of thiazole rings is 1. The van der Waals surface area contributed by atoms with Crippen molar-refractivity contribution in [3.05, 3.63) is 41.4 Å². The number of aromatic nitrogens is 1. The van der Waals surface area contributed by atoms with Crippen molar-refractivity contribution in [3.63, 3.8) is 0 Å². The van der Waals surface area contributed by atoms with Gasteiger partial charge in [0.05, 0.1) is 5.69 Å². The van der Waals surface area contributed by atoms with Crippen LogP contribution >= 0.6 is 11.3 Å². The Morgan fingerprint density at radius 3 is 2.74 bits per heavy atom. The fraction of sp³-hybridized carbons (Fsp3) is 0.450. The Bertz CT molecular complexity index is 802. The molecule has 0 spiro atoms. The first-order valence-corrected chi connectivity index (χ1v) is 10.3. The number of nitrogens with zero attached hydrogens (tertiary/aromatic N) is 2. The van der Waals surface area contributed by atoms with E-state index in [-0.39, 0.29) is 11.9 Å². The number of imide groups is 1. The summed E-state index contributed by atoms with van der Waals surface area (Å²) in [5.74, 6) is 0.338. The third-order valence-corrected chi connectivity index (χ3v) is 6.12. The number of hydrogen-bond donors (Lipinski definition) is 1. The van der Waals surface area contributed by atoms with Crippen LogP contribution in [-0.4, -0.2) is 47.6 Å². The molecule has 2 aliphatic rings. The summed E-state index contributed by atoms with van der Waals surface area (Å²) in [5, 5.41) is 5.81. The molecule has 3 heterocycles. The number of rotatable bonds is 6. The summed E-state index contributed by atoms with van der Waals surface area (Å²) in [5.41, 5.74) is 1.99. The average molecular weight is 385 g/mol. The topological polar surface area (TPSA) is 71.5 Å².